The van der Waals surface area contributed by atoms with Crippen molar-refractivity contribution in [1.82, 2.24) is 0 Å². The third-order valence-electron chi connectivity index (χ3n) is 2.46. The molecule has 94 valence electrons. The van der Waals surface area contributed by atoms with Crippen molar-refractivity contribution in [2.45, 2.75) is 6.42 Å². The maximum atomic E-state index is 11.0. The summed E-state index contributed by atoms with van der Waals surface area (Å²) in [6.45, 7) is 0.579. The van der Waals surface area contributed by atoms with Gasteiger partial charge in [0.1, 0.15) is 5.75 Å². The molecule has 0 saturated heterocycles. The van der Waals surface area contributed by atoms with Gasteiger partial charge < -0.3 is 14.4 Å². The summed E-state index contributed by atoms with van der Waals surface area (Å²) in [5.41, 5.74) is 0.930. The molecule has 0 atom stereocenters. The van der Waals surface area contributed by atoms with Gasteiger partial charge in [-0.05, 0) is 18.2 Å². The molecule has 0 bridgehead atoms. The fourth-order valence-corrected chi connectivity index (χ4v) is 1.63. The molecule has 0 heterocycles. The van der Waals surface area contributed by atoms with Crippen molar-refractivity contribution < 1.29 is 14.3 Å². The van der Waals surface area contributed by atoms with Crippen molar-refractivity contribution in [3.05, 3.63) is 23.2 Å². The molecule has 0 fully saturated rings. The number of carbonyl (C=O) groups is 1. The first-order valence-corrected chi connectivity index (χ1v) is 5.57. The van der Waals surface area contributed by atoms with E-state index in [4.69, 9.17) is 16.3 Å². The first-order valence-electron chi connectivity index (χ1n) is 5.20. The van der Waals surface area contributed by atoms with Gasteiger partial charge in [-0.15, -0.1) is 0 Å². The van der Waals surface area contributed by atoms with Crippen molar-refractivity contribution in [2.75, 3.05) is 32.7 Å². The van der Waals surface area contributed by atoms with Gasteiger partial charge >= 0.3 is 5.97 Å². The molecule has 0 aliphatic rings. The molecule has 0 aliphatic carbocycles. The van der Waals surface area contributed by atoms with E-state index >= 15 is 0 Å². The molecule has 0 aliphatic heterocycles. The highest BCUT2D eigenvalue weighted by atomic mass is 35.5. The number of ether oxygens (including phenoxy) is 2. The first-order chi connectivity index (χ1) is 8.08. The fraction of sp³-hybridized carbons (Fsp3) is 0.417. The third-order valence-corrected chi connectivity index (χ3v) is 2.75. The Labute approximate surface area is 106 Å². The number of benzene rings is 1. The van der Waals surface area contributed by atoms with Gasteiger partial charge in [0.25, 0.3) is 0 Å². The van der Waals surface area contributed by atoms with Crippen LogP contribution in [0.3, 0.4) is 0 Å². The minimum Gasteiger partial charge on any atom is -0.495 e. The zero-order chi connectivity index (χ0) is 12.8. The number of anilines is 1. The maximum Gasteiger partial charge on any atom is 0.307 e. The zero-order valence-corrected chi connectivity index (χ0v) is 11.0. The minimum absolute atomic E-state index is 0.226. The molecule has 5 heteroatoms. The van der Waals surface area contributed by atoms with Crippen LogP contribution in [0.4, 0.5) is 5.69 Å². The molecule has 1 rings (SSSR count). The van der Waals surface area contributed by atoms with Crippen LogP contribution in [0.1, 0.15) is 6.42 Å². The van der Waals surface area contributed by atoms with Gasteiger partial charge in [0.05, 0.1) is 25.7 Å². The summed E-state index contributed by atoms with van der Waals surface area (Å²) < 4.78 is 9.66. The van der Waals surface area contributed by atoms with Gasteiger partial charge in [-0.25, -0.2) is 0 Å². The van der Waals surface area contributed by atoms with E-state index in [9.17, 15) is 4.79 Å². The van der Waals surface area contributed by atoms with Crippen LogP contribution in [0, 0.1) is 0 Å². The van der Waals surface area contributed by atoms with Crippen molar-refractivity contribution >= 4 is 23.3 Å². The third kappa shape index (κ3) is 3.82. The first kappa shape index (κ1) is 13.6. The summed E-state index contributed by atoms with van der Waals surface area (Å²) in [5, 5.41) is 0.551. The molecule has 1 aromatic rings. The lowest BCUT2D eigenvalue weighted by Crippen LogP contribution is -2.21. The summed E-state index contributed by atoms with van der Waals surface area (Å²) in [6.07, 6.45) is 0.344. The SMILES string of the molecule is COC(=O)CCN(C)c1ccc(OC)c(Cl)c1. The Morgan fingerprint density at radius 1 is 1.41 bits per heavy atom. The molecule has 17 heavy (non-hydrogen) atoms. The highest BCUT2D eigenvalue weighted by Crippen LogP contribution is 2.28. The van der Waals surface area contributed by atoms with Gasteiger partial charge in [-0.2, -0.15) is 0 Å². The quantitative estimate of drug-likeness (QED) is 0.759. The van der Waals surface area contributed by atoms with Crippen molar-refractivity contribution in [3.8, 4) is 5.75 Å². The van der Waals surface area contributed by atoms with E-state index in [1.165, 1.54) is 7.11 Å². The molecule has 1 aromatic carbocycles. The summed E-state index contributed by atoms with van der Waals surface area (Å²) in [6, 6.07) is 5.49. The van der Waals surface area contributed by atoms with Crippen LogP contribution < -0.4 is 9.64 Å². The second-order valence-corrected chi connectivity index (χ2v) is 3.97. The van der Waals surface area contributed by atoms with Crippen molar-refractivity contribution in [1.29, 1.82) is 0 Å². The predicted molar refractivity (Wildman–Crippen MR) is 67.9 cm³/mol. The lowest BCUT2D eigenvalue weighted by atomic mass is 10.2. The zero-order valence-electron chi connectivity index (χ0n) is 10.2. The average molecular weight is 258 g/mol. The minimum atomic E-state index is -0.226. The fourth-order valence-electron chi connectivity index (χ4n) is 1.38. The van der Waals surface area contributed by atoms with E-state index in [-0.39, 0.29) is 5.97 Å². The summed E-state index contributed by atoms with van der Waals surface area (Å²) in [5.74, 6) is 0.410. The molecule has 0 saturated carbocycles. The molecular formula is C12H16ClNO3. The van der Waals surface area contributed by atoms with Crippen LogP contribution in [-0.4, -0.2) is 33.8 Å². The average Bonchev–Trinajstić information content (AvgIpc) is 2.35. The molecule has 0 radical (unpaired) electrons. The molecule has 0 N–H and O–H groups in total. The van der Waals surface area contributed by atoms with E-state index in [0.717, 1.165) is 5.69 Å². The van der Waals surface area contributed by atoms with Gasteiger partial charge in [-0.1, -0.05) is 11.6 Å². The smallest absolute Gasteiger partial charge is 0.307 e. The predicted octanol–water partition coefficient (Wildman–Crippen LogP) is 2.35. The maximum absolute atomic E-state index is 11.0. The van der Waals surface area contributed by atoms with E-state index in [1.807, 2.05) is 18.0 Å². The molecule has 0 amide bonds. The number of rotatable bonds is 5. The highest BCUT2D eigenvalue weighted by molar-refractivity contribution is 6.32. The van der Waals surface area contributed by atoms with Crippen LogP contribution in [-0.2, 0) is 9.53 Å². The Balaban J connectivity index is 2.66. The second-order valence-electron chi connectivity index (χ2n) is 3.57. The molecule has 0 spiro atoms. The normalized spacial score (nSPS) is 9.88. The van der Waals surface area contributed by atoms with Crippen LogP contribution in [0.15, 0.2) is 18.2 Å². The largest absolute Gasteiger partial charge is 0.495 e. The summed E-state index contributed by atoms with van der Waals surface area (Å²) >= 11 is 6.02. The van der Waals surface area contributed by atoms with Crippen LogP contribution in [0.2, 0.25) is 5.02 Å². The Hall–Kier alpha value is -1.42. The molecule has 4 nitrogen and oxygen atoms in total. The van der Waals surface area contributed by atoms with Gasteiger partial charge in [0, 0.05) is 19.3 Å². The van der Waals surface area contributed by atoms with Gasteiger partial charge in [0.2, 0.25) is 0 Å². The molecular weight excluding hydrogens is 242 g/mol. The Bertz CT molecular complexity index is 395. The number of carbonyl (C=O) groups excluding carboxylic acids is 1. The van der Waals surface area contributed by atoms with Gasteiger partial charge in [0.15, 0.2) is 0 Å². The van der Waals surface area contributed by atoms with E-state index in [0.29, 0.717) is 23.7 Å². The number of nitrogens with zero attached hydrogens (tertiary/aromatic N) is 1. The van der Waals surface area contributed by atoms with E-state index in [1.54, 1.807) is 19.2 Å². The Morgan fingerprint density at radius 3 is 2.65 bits per heavy atom. The highest BCUT2D eigenvalue weighted by Gasteiger charge is 2.07. The summed E-state index contributed by atoms with van der Waals surface area (Å²) in [7, 11) is 4.84. The number of esters is 1. The van der Waals surface area contributed by atoms with E-state index in [2.05, 4.69) is 4.74 Å². The van der Waals surface area contributed by atoms with Crippen molar-refractivity contribution in [2.24, 2.45) is 0 Å². The summed E-state index contributed by atoms with van der Waals surface area (Å²) in [4.78, 5) is 13.0. The topological polar surface area (TPSA) is 38.8 Å². The van der Waals surface area contributed by atoms with Crippen LogP contribution in [0.5, 0.6) is 5.75 Å². The van der Waals surface area contributed by atoms with Gasteiger partial charge in [-0.3, -0.25) is 4.79 Å². The standard InChI is InChI=1S/C12H16ClNO3/c1-14(7-6-12(15)17-3)9-4-5-11(16-2)10(13)8-9/h4-5,8H,6-7H2,1-3H3. The molecule has 0 aromatic heterocycles. The molecule has 0 unspecified atom stereocenters. The monoisotopic (exact) mass is 257 g/mol. The van der Waals surface area contributed by atoms with Crippen LogP contribution >= 0.6 is 11.6 Å². The lowest BCUT2D eigenvalue weighted by Gasteiger charge is -2.19. The Morgan fingerprint density at radius 2 is 2.12 bits per heavy atom. The van der Waals surface area contributed by atoms with Crippen molar-refractivity contribution in [3.63, 3.8) is 0 Å². The number of hydrogen-bond donors (Lipinski definition) is 0. The van der Waals surface area contributed by atoms with E-state index < -0.39 is 0 Å². The number of hydrogen-bond acceptors (Lipinski definition) is 4. The van der Waals surface area contributed by atoms with Crippen LogP contribution in [0.25, 0.3) is 0 Å². The number of halogens is 1. The lowest BCUT2D eigenvalue weighted by molar-refractivity contribution is -0.140. The second kappa shape index (κ2) is 6.35. The Kier molecular flexibility index (Phi) is 5.10. The number of methoxy groups -OCH3 is 2.